The van der Waals surface area contributed by atoms with Gasteiger partial charge in [0.1, 0.15) is 6.04 Å². The fraction of sp³-hybridized carbons (Fsp3) is 0.467. The standard InChI is InChI=1S/C15H22N2O3/c1-11-5-7-12(8-6-11)3-2-4-14(18)17-10-9-13(16)15(19)20/h5-8,13H,2-4,9-10,16H2,1H3,(H,17,18)(H,19,20). The number of benzene rings is 1. The summed E-state index contributed by atoms with van der Waals surface area (Å²) in [7, 11) is 0. The van der Waals surface area contributed by atoms with Gasteiger partial charge in [-0.05, 0) is 31.7 Å². The molecule has 0 fully saturated rings. The van der Waals surface area contributed by atoms with E-state index >= 15 is 0 Å². The van der Waals surface area contributed by atoms with E-state index in [1.54, 1.807) is 0 Å². The summed E-state index contributed by atoms with van der Waals surface area (Å²) in [5, 5.41) is 11.3. The zero-order chi connectivity index (χ0) is 15.0. The smallest absolute Gasteiger partial charge is 0.320 e. The second-order valence-electron chi connectivity index (χ2n) is 4.92. The van der Waals surface area contributed by atoms with Gasteiger partial charge in [0.2, 0.25) is 5.91 Å². The summed E-state index contributed by atoms with van der Waals surface area (Å²) in [5.74, 6) is -1.10. The summed E-state index contributed by atoms with van der Waals surface area (Å²) in [6.07, 6.45) is 2.33. The van der Waals surface area contributed by atoms with Crippen LogP contribution < -0.4 is 11.1 Å². The number of hydrogen-bond donors (Lipinski definition) is 3. The van der Waals surface area contributed by atoms with Crippen molar-refractivity contribution in [2.45, 2.75) is 38.6 Å². The van der Waals surface area contributed by atoms with Crippen molar-refractivity contribution in [2.24, 2.45) is 5.73 Å². The van der Waals surface area contributed by atoms with E-state index in [-0.39, 0.29) is 12.3 Å². The highest BCUT2D eigenvalue weighted by Gasteiger charge is 2.11. The van der Waals surface area contributed by atoms with E-state index in [2.05, 4.69) is 29.6 Å². The van der Waals surface area contributed by atoms with Gasteiger partial charge in [-0.15, -0.1) is 0 Å². The minimum absolute atomic E-state index is 0.0605. The molecule has 0 aliphatic heterocycles. The van der Waals surface area contributed by atoms with Crippen molar-refractivity contribution in [3.8, 4) is 0 Å². The Morgan fingerprint density at radius 3 is 2.55 bits per heavy atom. The number of hydrogen-bond acceptors (Lipinski definition) is 3. The number of carboxylic acids is 1. The first-order valence-corrected chi connectivity index (χ1v) is 6.79. The van der Waals surface area contributed by atoms with Crippen molar-refractivity contribution in [1.29, 1.82) is 0 Å². The molecule has 1 atom stereocenters. The normalized spacial score (nSPS) is 11.9. The molecule has 5 heteroatoms. The summed E-state index contributed by atoms with van der Waals surface area (Å²) >= 11 is 0. The Balaban J connectivity index is 2.14. The van der Waals surface area contributed by atoms with Crippen molar-refractivity contribution in [3.63, 3.8) is 0 Å². The topological polar surface area (TPSA) is 92.4 Å². The largest absolute Gasteiger partial charge is 0.480 e. The number of aliphatic carboxylic acids is 1. The third kappa shape index (κ3) is 6.33. The lowest BCUT2D eigenvalue weighted by atomic mass is 10.1. The predicted molar refractivity (Wildman–Crippen MR) is 77.4 cm³/mol. The first-order chi connectivity index (χ1) is 9.49. The summed E-state index contributed by atoms with van der Waals surface area (Å²) < 4.78 is 0. The van der Waals surface area contributed by atoms with Gasteiger partial charge in [0, 0.05) is 13.0 Å². The number of carbonyl (C=O) groups excluding carboxylic acids is 1. The molecule has 0 radical (unpaired) electrons. The van der Waals surface area contributed by atoms with Crippen molar-refractivity contribution in [1.82, 2.24) is 5.32 Å². The summed E-state index contributed by atoms with van der Waals surface area (Å²) in [6.45, 7) is 2.34. The number of carbonyl (C=O) groups is 2. The molecule has 1 unspecified atom stereocenters. The van der Waals surface area contributed by atoms with Gasteiger partial charge in [0.25, 0.3) is 0 Å². The van der Waals surface area contributed by atoms with Gasteiger partial charge in [0.05, 0.1) is 0 Å². The van der Waals surface area contributed by atoms with Crippen LogP contribution in [0.5, 0.6) is 0 Å². The molecule has 0 saturated carbocycles. The zero-order valence-electron chi connectivity index (χ0n) is 11.8. The number of nitrogens with two attached hydrogens (primary N) is 1. The Kier molecular flexibility index (Phi) is 6.73. The van der Waals surface area contributed by atoms with Crippen LogP contribution >= 0.6 is 0 Å². The molecule has 1 rings (SSSR count). The molecular weight excluding hydrogens is 256 g/mol. The minimum Gasteiger partial charge on any atom is -0.480 e. The zero-order valence-corrected chi connectivity index (χ0v) is 11.8. The predicted octanol–water partition coefficient (Wildman–Crippen LogP) is 1.24. The maximum atomic E-state index is 11.5. The van der Waals surface area contributed by atoms with Crippen LogP contribution in [0.25, 0.3) is 0 Å². The first kappa shape index (κ1) is 16.2. The lowest BCUT2D eigenvalue weighted by molar-refractivity contribution is -0.138. The highest BCUT2D eigenvalue weighted by Crippen LogP contribution is 2.07. The maximum Gasteiger partial charge on any atom is 0.320 e. The lowest BCUT2D eigenvalue weighted by Crippen LogP contribution is -2.35. The van der Waals surface area contributed by atoms with Crippen LogP contribution in [0.2, 0.25) is 0 Å². The number of carboxylic acid groups (broad SMARTS) is 1. The number of rotatable bonds is 8. The summed E-state index contributed by atoms with van der Waals surface area (Å²) in [5.41, 5.74) is 7.78. The van der Waals surface area contributed by atoms with Crippen LogP contribution in [0.1, 0.15) is 30.4 Å². The van der Waals surface area contributed by atoms with E-state index in [0.29, 0.717) is 13.0 Å². The van der Waals surface area contributed by atoms with E-state index in [4.69, 9.17) is 10.8 Å². The van der Waals surface area contributed by atoms with Crippen LogP contribution in [-0.2, 0) is 16.0 Å². The number of aryl methyl sites for hydroxylation is 2. The summed E-state index contributed by atoms with van der Waals surface area (Å²) in [4.78, 5) is 22.0. The Morgan fingerprint density at radius 1 is 1.30 bits per heavy atom. The Morgan fingerprint density at radius 2 is 1.95 bits per heavy atom. The minimum atomic E-state index is -1.04. The molecule has 1 aromatic rings. The van der Waals surface area contributed by atoms with Crippen molar-refractivity contribution in [2.75, 3.05) is 6.54 Å². The lowest BCUT2D eigenvalue weighted by Gasteiger charge is -2.08. The monoisotopic (exact) mass is 278 g/mol. The molecule has 5 nitrogen and oxygen atoms in total. The van der Waals surface area contributed by atoms with Crippen LogP contribution in [0.15, 0.2) is 24.3 Å². The molecule has 0 aliphatic carbocycles. The molecule has 1 aromatic carbocycles. The summed E-state index contributed by atoms with van der Waals surface area (Å²) in [6, 6.07) is 7.34. The molecular formula is C15H22N2O3. The second-order valence-corrected chi connectivity index (χ2v) is 4.92. The van der Waals surface area contributed by atoms with E-state index in [1.807, 2.05) is 6.92 Å². The fourth-order valence-corrected chi connectivity index (χ4v) is 1.79. The third-order valence-corrected chi connectivity index (χ3v) is 3.08. The molecule has 4 N–H and O–H groups in total. The SMILES string of the molecule is Cc1ccc(CCCC(=O)NCCC(N)C(=O)O)cc1. The van der Waals surface area contributed by atoms with Gasteiger partial charge in [0.15, 0.2) is 0 Å². The molecule has 0 bridgehead atoms. The van der Waals surface area contributed by atoms with Crippen molar-refractivity contribution >= 4 is 11.9 Å². The molecule has 0 spiro atoms. The maximum absolute atomic E-state index is 11.5. The number of amides is 1. The van der Waals surface area contributed by atoms with E-state index in [9.17, 15) is 9.59 Å². The van der Waals surface area contributed by atoms with Gasteiger partial charge in [-0.25, -0.2) is 0 Å². The third-order valence-electron chi connectivity index (χ3n) is 3.08. The molecule has 1 amide bonds. The van der Waals surface area contributed by atoms with Gasteiger partial charge in [-0.1, -0.05) is 29.8 Å². The molecule has 20 heavy (non-hydrogen) atoms. The Bertz CT molecular complexity index is 443. The van der Waals surface area contributed by atoms with Gasteiger partial charge in [-0.2, -0.15) is 0 Å². The van der Waals surface area contributed by atoms with Crippen LogP contribution in [0, 0.1) is 6.92 Å². The van der Waals surface area contributed by atoms with E-state index in [0.717, 1.165) is 12.8 Å². The Labute approximate surface area is 119 Å². The highest BCUT2D eigenvalue weighted by molar-refractivity contribution is 5.76. The first-order valence-electron chi connectivity index (χ1n) is 6.79. The van der Waals surface area contributed by atoms with E-state index in [1.165, 1.54) is 11.1 Å². The van der Waals surface area contributed by atoms with E-state index < -0.39 is 12.0 Å². The average Bonchev–Trinajstić information content (AvgIpc) is 2.40. The van der Waals surface area contributed by atoms with Crippen LogP contribution in [0.4, 0.5) is 0 Å². The average molecular weight is 278 g/mol. The number of nitrogens with one attached hydrogen (secondary N) is 1. The van der Waals surface area contributed by atoms with Crippen molar-refractivity contribution in [3.05, 3.63) is 35.4 Å². The highest BCUT2D eigenvalue weighted by atomic mass is 16.4. The van der Waals surface area contributed by atoms with Crippen molar-refractivity contribution < 1.29 is 14.7 Å². The van der Waals surface area contributed by atoms with Crippen LogP contribution in [0.3, 0.4) is 0 Å². The van der Waals surface area contributed by atoms with Gasteiger partial charge < -0.3 is 16.2 Å². The molecule has 110 valence electrons. The van der Waals surface area contributed by atoms with Gasteiger partial charge >= 0.3 is 5.97 Å². The molecule has 0 aliphatic rings. The molecule has 0 aromatic heterocycles. The fourth-order valence-electron chi connectivity index (χ4n) is 1.79. The molecule has 0 saturated heterocycles. The Hall–Kier alpha value is -1.88. The second kappa shape index (κ2) is 8.32. The van der Waals surface area contributed by atoms with Gasteiger partial charge in [-0.3, -0.25) is 9.59 Å². The molecule has 0 heterocycles. The van der Waals surface area contributed by atoms with Crippen LogP contribution in [-0.4, -0.2) is 29.6 Å². The quantitative estimate of drug-likeness (QED) is 0.667.